The number of halogens is 4. The number of rotatable bonds is 3. The van der Waals surface area contributed by atoms with Crippen LogP contribution in [0, 0.1) is 11.3 Å². The summed E-state index contributed by atoms with van der Waals surface area (Å²) < 4.78 is 39.9. The van der Waals surface area contributed by atoms with Crippen LogP contribution < -0.4 is 4.74 Å². The van der Waals surface area contributed by atoms with Crippen LogP contribution >= 0.6 is 11.6 Å². The maximum absolute atomic E-state index is 12.1. The van der Waals surface area contributed by atoms with Crippen LogP contribution in [0.3, 0.4) is 0 Å². The molecule has 8 heteroatoms. The van der Waals surface area contributed by atoms with Crippen molar-refractivity contribution in [3.63, 3.8) is 0 Å². The fraction of sp³-hybridized carbons (Fsp3) is 0.200. The van der Waals surface area contributed by atoms with Gasteiger partial charge in [0.1, 0.15) is 11.8 Å². The monoisotopic (exact) mass is 279 g/mol. The first-order chi connectivity index (χ1) is 8.28. The molecule has 0 fully saturated rings. The van der Waals surface area contributed by atoms with Gasteiger partial charge in [-0.25, -0.2) is 4.79 Å². The lowest BCUT2D eigenvalue weighted by atomic mass is 10.0. The Labute approximate surface area is 104 Å². The van der Waals surface area contributed by atoms with Crippen molar-refractivity contribution in [2.45, 2.75) is 12.2 Å². The molecule has 0 amide bonds. The summed E-state index contributed by atoms with van der Waals surface area (Å²) in [5.41, 5.74) is -1.02. The Morgan fingerprint density at radius 2 is 2.11 bits per heavy atom. The van der Waals surface area contributed by atoms with Gasteiger partial charge in [-0.15, -0.1) is 24.8 Å². The standard InChI is InChI=1S/C10H5ClF3NO3/c11-3-5-1-7(9(16)17)6(4-15)2-8(5)18-10(12,13)14/h1-2H,3H2,(H,16,17). The summed E-state index contributed by atoms with van der Waals surface area (Å²) in [6.45, 7) is 0. The maximum Gasteiger partial charge on any atom is 0.573 e. The number of nitriles is 1. The van der Waals surface area contributed by atoms with Gasteiger partial charge in [0.05, 0.1) is 17.0 Å². The molecule has 0 atom stereocenters. The molecule has 0 aliphatic rings. The average molecular weight is 280 g/mol. The highest BCUT2D eigenvalue weighted by atomic mass is 35.5. The third-order valence-electron chi connectivity index (χ3n) is 1.92. The molecular weight excluding hydrogens is 275 g/mol. The zero-order valence-corrected chi connectivity index (χ0v) is 9.34. The Morgan fingerprint density at radius 3 is 2.50 bits per heavy atom. The van der Waals surface area contributed by atoms with E-state index < -0.39 is 29.2 Å². The molecular formula is C10H5ClF3NO3. The van der Waals surface area contributed by atoms with Gasteiger partial charge in [0, 0.05) is 5.56 Å². The Hall–Kier alpha value is -1.94. The fourth-order valence-corrected chi connectivity index (χ4v) is 1.43. The summed E-state index contributed by atoms with van der Waals surface area (Å²) in [5.74, 6) is -2.49. The van der Waals surface area contributed by atoms with E-state index in [0.29, 0.717) is 6.07 Å². The second kappa shape index (κ2) is 5.14. The van der Waals surface area contributed by atoms with Gasteiger partial charge in [0.25, 0.3) is 0 Å². The third kappa shape index (κ3) is 3.28. The molecule has 1 N–H and O–H groups in total. The molecule has 0 radical (unpaired) electrons. The number of carboxylic acids is 1. The summed E-state index contributed by atoms with van der Waals surface area (Å²) in [6.07, 6.45) is -4.95. The van der Waals surface area contributed by atoms with Crippen molar-refractivity contribution in [2.24, 2.45) is 0 Å². The van der Waals surface area contributed by atoms with Crippen LogP contribution in [-0.2, 0) is 5.88 Å². The lowest BCUT2D eigenvalue weighted by Crippen LogP contribution is -2.18. The Morgan fingerprint density at radius 1 is 1.50 bits per heavy atom. The molecule has 96 valence electrons. The van der Waals surface area contributed by atoms with Gasteiger partial charge >= 0.3 is 12.3 Å². The van der Waals surface area contributed by atoms with Gasteiger partial charge in [0.2, 0.25) is 0 Å². The van der Waals surface area contributed by atoms with Crippen molar-refractivity contribution in [1.29, 1.82) is 5.26 Å². The molecule has 0 aliphatic carbocycles. The zero-order chi connectivity index (χ0) is 13.9. The zero-order valence-electron chi connectivity index (χ0n) is 8.58. The number of hydrogen-bond donors (Lipinski definition) is 1. The van der Waals surface area contributed by atoms with Crippen LogP contribution in [0.4, 0.5) is 13.2 Å². The van der Waals surface area contributed by atoms with E-state index in [1.54, 1.807) is 0 Å². The molecule has 0 unspecified atom stereocenters. The van der Waals surface area contributed by atoms with E-state index in [9.17, 15) is 18.0 Å². The van der Waals surface area contributed by atoms with Gasteiger partial charge in [0.15, 0.2) is 0 Å². The average Bonchev–Trinajstić information content (AvgIpc) is 2.25. The third-order valence-corrected chi connectivity index (χ3v) is 2.21. The van der Waals surface area contributed by atoms with Crippen LogP contribution in [-0.4, -0.2) is 17.4 Å². The summed E-state index contributed by atoms with van der Waals surface area (Å²) in [5, 5.41) is 17.5. The molecule has 1 aromatic rings. The SMILES string of the molecule is N#Cc1cc(OC(F)(F)F)c(CCl)cc1C(=O)O. The summed E-state index contributed by atoms with van der Waals surface area (Å²) in [7, 11) is 0. The smallest absolute Gasteiger partial charge is 0.478 e. The van der Waals surface area contributed by atoms with E-state index in [1.807, 2.05) is 0 Å². The molecule has 1 aromatic carbocycles. The minimum Gasteiger partial charge on any atom is -0.478 e. The normalized spacial score (nSPS) is 10.8. The van der Waals surface area contributed by atoms with Crippen LogP contribution in [0.25, 0.3) is 0 Å². The van der Waals surface area contributed by atoms with Gasteiger partial charge < -0.3 is 9.84 Å². The number of ether oxygens (including phenoxy) is 1. The summed E-state index contributed by atoms with van der Waals surface area (Å²) in [4.78, 5) is 10.8. The maximum atomic E-state index is 12.1. The van der Waals surface area contributed by atoms with Crippen molar-refractivity contribution < 1.29 is 27.8 Å². The van der Waals surface area contributed by atoms with Crippen molar-refractivity contribution >= 4 is 17.6 Å². The molecule has 0 saturated heterocycles. The topological polar surface area (TPSA) is 70.3 Å². The molecule has 1 rings (SSSR count). The van der Waals surface area contributed by atoms with Gasteiger partial charge in [-0.3, -0.25) is 0 Å². The first-order valence-corrected chi connectivity index (χ1v) is 4.94. The quantitative estimate of drug-likeness (QED) is 0.864. The molecule has 18 heavy (non-hydrogen) atoms. The van der Waals surface area contributed by atoms with E-state index in [0.717, 1.165) is 6.07 Å². The number of alkyl halides is 4. The van der Waals surface area contributed by atoms with E-state index in [4.69, 9.17) is 22.0 Å². The second-order valence-corrected chi connectivity index (χ2v) is 3.37. The van der Waals surface area contributed by atoms with Crippen molar-refractivity contribution in [1.82, 2.24) is 0 Å². The number of aromatic carboxylic acids is 1. The number of hydrogen-bond acceptors (Lipinski definition) is 3. The van der Waals surface area contributed by atoms with E-state index in [1.165, 1.54) is 6.07 Å². The predicted molar refractivity (Wildman–Crippen MR) is 54.4 cm³/mol. The molecule has 0 heterocycles. The van der Waals surface area contributed by atoms with Gasteiger partial charge in [-0.05, 0) is 12.1 Å². The van der Waals surface area contributed by atoms with Gasteiger partial charge in [-0.2, -0.15) is 5.26 Å². The number of carbonyl (C=O) groups is 1. The number of nitrogens with zero attached hydrogens (tertiary/aromatic N) is 1. The highest BCUT2D eigenvalue weighted by Crippen LogP contribution is 2.30. The predicted octanol–water partition coefficient (Wildman–Crippen LogP) is 2.89. The Kier molecular flexibility index (Phi) is 4.03. The van der Waals surface area contributed by atoms with Crippen molar-refractivity contribution in [3.05, 3.63) is 28.8 Å². The van der Waals surface area contributed by atoms with Crippen molar-refractivity contribution in [3.8, 4) is 11.8 Å². The first-order valence-electron chi connectivity index (χ1n) is 4.40. The Bertz CT molecular complexity index is 522. The highest BCUT2D eigenvalue weighted by molar-refractivity contribution is 6.17. The second-order valence-electron chi connectivity index (χ2n) is 3.10. The highest BCUT2D eigenvalue weighted by Gasteiger charge is 2.32. The van der Waals surface area contributed by atoms with Crippen LogP contribution in [0.1, 0.15) is 21.5 Å². The van der Waals surface area contributed by atoms with Crippen LogP contribution in [0.5, 0.6) is 5.75 Å². The van der Waals surface area contributed by atoms with Crippen molar-refractivity contribution in [2.75, 3.05) is 0 Å². The fourth-order valence-electron chi connectivity index (χ4n) is 1.22. The lowest BCUT2D eigenvalue weighted by Gasteiger charge is -2.13. The number of carboxylic acid groups (broad SMARTS) is 1. The lowest BCUT2D eigenvalue weighted by molar-refractivity contribution is -0.274. The summed E-state index contributed by atoms with van der Waals surface area (Å²) in [6, 6.07) is 3.07. The molecule has 0 aromatic heterocycles. The van der Waals surface area contributed by atoms with E-state index in [-0.39, 0.29) is 11.4 Å². The van der Waals surface area contributed by atoms with Crippen LogP contribution in [0.15, 0.2) is 12.1 Å². The Balaban J connectivity index is 3.36. The number of benzene rings is 1. The van der Waals surface area contributed by atoms with Gasteiger partial charge in [-0.1, -0.05) is 0 Å². The molecule has 0 bridgehead atoms. The molecule has 4 nitrogen and oxygen atoms in total. The molecule has 0 aliphatic heterocycles. The molecule has 0 spiro atoms. The molecule has 0 saturated carbocycles. The van der Waals surface area contributed by atoms with E-state index in [2.05, 4.69) is 4.74 Å². The first kappa shape index (κ1) is 14.1. The minimum absolute atomic E-state index is 0.162. The summed E-state index contributed by atoms with van der Waals surface area (Å²) >= 11 is 5.41. The largest absolute Gasteiger partial charge is 0.573 e. The van der Waals surface area contributed by atoms with Crippen LogP contribution in [0.2, 0.25) is 0 Å². The van der Waals surface area contributed by atoms with E-state index >= 15 is 0 Å². The minimum atomic E-state index is -4.95.